The first kappa shape index (κ1) is 18.6. The Kier molecular flexibility index (Phi) is 6.38. The lowest BCUT2D eigenvalue weighted by Gasteiger charge is -2.24. The molecule has 7 heteroatoms. The van der Waals surface area contributed by atoms with Crippen molar-refractivity contribution >= 4 is 28.8 Å². The van der Waals surface area contributed by atoms with Crippen molar-refractivity contribution in [3.05, 3.63) is 52.2 Å². The van der Waals surface area contributed by atoms with Crippen molar-refractivity contribution in [1.29, 1.82) is 0 Å². The molecular weight excluding hydrogens is 350 g/mol. The fourth-order valence-electron chi connectivity index (χ4n) is 3.01. The molecule has 1 aromatic heterocycles. The number of ether oxygens (including phenoxy) is 1. The normalized spacial score (nSPS) is 16.7. The zero-order valence-electron chi connectivity index (χ0n) is 14.5. The van der Waals surface area contributed by atoms with Crippen molar-refractivity contribution in [3.63, 3.8) is 0 Å². The van der Waals surface area contributed by atoms with E-state index in [1.54, 1.807) is 35.6 Å². The van der Waals surface area contributed by atoms with E-state index in [2.05, 4.69) is 16.3 Å². The summed E-state index contributed by atoms with van der Waals surface area (Å²) in [6, 6.07) is 10.7. The van der Waals surface area contributed by atoms with Crippen LogP contribution in [0.1, 0.15) is 28.1 Å². The molecule has 1 aliphatic heterocycles. The quantitative estimate of drug-likeness (QED) is 0.744. The predicted octanol–water partition coefficient (Wildman–Crippen LogP) is 2.47. The van der Waals surface area contributed by atoms with Crippen molar-refractivity contribution in [2.45, 2.75) is 25.5 Å². The number of hydrogen-bond acceptors (Lipinski definition) is 5. The highest BCUT2D eigenvalue weighted by Gasteiger charge is 2.21. The van der Waals surface area contributed by atoms with Crippen LogP contribution in [0.2, 0.25) is 0 Å². The third kappa shape index (κ3) is 5.39. The summed E-state index contributed by atoms with van der Waals surface area (Å²) >= 11 is 1.69. The van der Waals surface area contributed by atoms with Crippen LogP contribution in [0.4, 0.5) is 5.69 Å². The number of benzene rings is 1. The van der Waals surface area contributed by atoms with Crippen LogP contribution in [0, 0.1) is 0 Å². The number of rotatable bonds is 8. The second-order valence-electron chi connectivity index (χ2n) is 6.37. The minimum absolute atomic E-state index is 0.0913. The second kappa shape index (κ2) is 8.93. The first-order chi connectivity index (χ1) is 12.6. The molecule has 26 heavy (non-hydrogen) atoms. The molecule has 1 atom stereocenters. The summed E-state index contributed by atoms with van der Waals surface area (Å²) in [5.41, 5.74) is 6.29. The van der Waals surface area contributed by atoms with Crippen LogP contribution < -0.4 is 11.1 Å². The Morgan fingerprint density at radius 1 is 1.27 bits per heavy atom. The molecule has 138 valence electrons. The maximum Gasteiger partial charge on any atom is 0.248 e. The molecule has 1 fully saturated rings. The number of hydrogen-bond donors (Lipinski definition) is 2. The van der Waals surface area contributed by atoms with E-state index in [0.29, 0.717) is 11.3 Å². The molecule has 0 radical (unpaired) electrons. The van der Waals surface area contributed by atoms with Gasteiger partial charge in [0.1, 0.15) is 0 Å². The number of nitrogens with two attached hydrogens (primary N) is 1. The topological polar surface area (TPSA) is 84.7 Å². The fourth-order valence-corrected chi connectivity index (χ4v) is 3.75. The molecule has 2 aromatic rings. The van der Waals surface area contributed by atoms with E-state index in [0.717, 1.165) is 32.5 Å². The van der Waals surface area contributed by atoms with Gasteiger partial charge in [-0.3, -0.25) is 14.5 Å². The van der Waals surface area contributed by atoms with Gasteiger partial charge in [0.15, 0.2) is 0 Å². The Labute approximate surface area is 156 Å². The molecule has 0 spiro atoms. The fraction of sp³-hybridized carbons (Fsp3) is 0.368. The van der Waals surface area contributed by atoms with Crippen molar-refractivity contribution < 1.29 is 14.3 Å². The third-order valence-electron chi connectivity index (χ3n) is 4.27. The standard InChI is InChI=1S/C19H23N3O3S/c20-19(24)14-5-7-15(8-6-14)21-18(23)13-22(11-16-3-1-9-25-16)12-17-4-2-10-26-17/h2,4-8,10,16H,1,3,9,11-13H2,(H2,20,24)(H,21,23). The molecule has 1 unspecified atom stereocenters. The van der Waals surface area contributed by atoms with Crippen LogP contribution in [0.25, 0.3) is 0 Å². The van der Waals surface area contributed by atoms with Gasteiger partial charge < -0.3 is 15.8 Å². The van der Waals surface area contributed by atoms with E-state index in [1.165, 1.54) is 4.88 Å². The third-order valence-corrected chi connectivity index (χ3v) is 5.13. The zero-order chi connectivity index (χ0) is 18.4. The van der Waals surface area contributed by atoms with Crippen LogP contribution in [0.3, 0.4) is 0 Å². The van der Waals surface area contributed by atoms with Crippen LogP contribution in [0.5, 0.6) is 0 Å². The van der Waals surface area contributed by atoms with E-state index in [9.17, 15) is 9.59 Å². The largest absolute Gasteiger partial charge is 0.377 e. The zero-order valence-corrected chi connectivity index (χ0v) is 15.3. The molecule has 0 bridgehead atoms. The monoisotopic (exact) mass is 373 g/mol. The smallest absolute Gasteiger partial charge is 0.248 e. The van der Waals surface area contributed by atoms with E-state index >= 15 is 0 Å². The number of nitrogens with one attached hydrogen (secondary N) is 1. The second-order valence-corrected chi connectivity index (χ2v) is 7.41. The van der Waals surface area contributed by atoms with Gasteiger partial charge in [0.05, 0.1) is 12.6 Å². The number of carbonyl (C=O) groups excluding carboxylic acids is 2. The molecule has 0 aliphatic carbocycles. The molecule has 3 rings (SSSR count). The van der Waals surface area contributed by atoms with E-state index in [4.69, 9.17) is 10.5 Å². The summed E-state index contributed by atoms with van der Waals surface area (Å²) in [7, 11) is 0. The summed E-state index contributed by atoms with van der Waals surface area (Å²) in [4.78, 5) is 26.9. The van der Waals surface area contributed by atoms with Crippen molar-refractivity contribution in [2.24, 2.45) is 5.73 Å². The van der Waals surface area contributed by atoms with E-state index in [-0.39, 0.29) is 18.6 Å². The van der Waals surface area contributed by atoms with Crippen molar-refractivity contribution in [1.82, 2.24) is 4.90 Å². The first-order valence-electron chi connectivity index (χ1n) is 8.66. The van der Waals surface area contributed by atoms with Gasteiger partial charge in [-0.1, -0.05) is 6.07 Å². The SMILES string of the molecule is NC(=O)c1ccc(NC(=O)CN(Cc2cccs2)CC2CCCO2)cc1. The lowest BCUT2D eigenvalue weighted by atomic mass is 10.2. The van der Waals surface area contributed by atoms with Gasteiger partial charge in [0.2, 0.25) is 11.8 Å². The molecule has 1 aliphatic rings. The highest BCUT2D eigenvalue weighted by atomic mass is 32.1. The number of anilines is 1. The first-order valence-corrected chi connectivity index (χ1v) is 9.54. The minimum atomic E-state index is -0.485. The Morgan fingerprint density at radius 3 is 2.69 bits per heavy atom. The average molecular weight is 373 g/mol. The number of thiophene rings is 1. The van der Waals surface area contributed by atoms with Gasteiger partial charge in [0.25, 0.3) is 0 Å². The van der Waals surface area contributed by atoms with Crippen LogP contribution >= 0.6 is 11.3 Å². The van der Waals surface area contributed by atoms with Gasteiger partial charge in [-0.25, -0.2) is 0 Å². The summed E-state index contributed by atoms with van der Waals surface area (Å²) in [6.45, 7) is 2.56. The number of amides is 2. The van der Waals surface area contributed by atoms with Crippen LogP contribution in [-0.4, -0.2) is 42.5 Å². The molecule has 2 amide bonds. The van der Waals surface area contributed by atoms with Gasteiger partial charge >= 0.3 is 0 Å². The highest BCUT2D eigenvalue weighted by molar-refractivity contribution is 7.09. The highest BCUT2D eigenvalue weighted by Crippen LogP contribution is 2.17. The van der Waals surface area contributed by atoms with Gasteiger partial charge in [-0.2, -0.15) is 0 Å². The predicted molar refractivity (Wildman–Crippen MR) is 102 cm³/mol. The van der Waals surface area contributed by atoms with Crippen LogP contribution in [0.15, 0.2) is 41.8 Å². The Morgan fingerprint density at radius 2 is 2.08 bits per heavy atom. The summed E-state index contributed by atoms with van der Waals surface area (Å²) in [5.74, 6) is -0.576. The Bertz CT molecular complexity index is 725. The summed E-state index contributed by atoms with van der Waals surface area (Å²) in [5, 5.41) is 4.91. The van der Waals surface area contributed by atoms with Gasteiger partial charge in [-0.05, 0) is 48.6 Å². The average Bonchev–Trinajstić information content (AvgIpc) is 3.29. The maximum atomic E-state index is 12.5. The number of carbonyl (C=O) groups is 2. The number of nitrogens with zero attached hydrogens (tertiary/aromatic N) is 1. The maximum absolute atomic E-state index is 12.5. The van der Waals surface area contributed by atoms with Crippen LogP contribution in [-0.2, 0) is 16.1 Å². The molecule has 1 aromatic carbocycles. The summed E-state index contributed by atoms with van der Waals surface area (Å²) in [6.07, 6.45) is 2.31. The molecule has 6 nitrogen and oxygen atoms in total. The van der Waals surface area contributed by atoms with Gasteiger partial charge in [0, 0.05) is 35.8 Å². The lowest BCUT2D eigenvalue weighted by molar-refractivity contribution is -0.117. The number of primary amides is 1. The molecule has 2 heterocycles. The molecular formula is C19H23N3O3S. The van der Waals surface area contributed by atoms with Gasteiger partial charge in [-0.15, -0.1) is 11.3 Å². The Hall–Kier alpha value is -2.22. The van der Waals surface area contributed by atoms with E-state index < -0.39 is 5.91 Å². The molecule has 1 saturated heterocycles. The lowest BCUT2D eigenvalue weighted by Crippen LogP contribution is -2.37. The Balaban J connectivity index is 1.58. The minimum Gasteiger partial charge on any atom is -0.377 e. The van der Waals surface area contributed by atoms with Crippen molar-refractivity contribution in [3.8, 4) is 0 Å². The van der Waals surface area contributed by atoms with E-state index in [1.807, 2.05) is 11.4 Å². The summed E-state index contributed by atoms with van der Waals surface area (Å²) < 4.78 is 5.72. The molecule has 3 N–H and O–H groups in total. The molecule has 0 saturated carbocycles. The van der Waals surface area contributed by atoms with Crippen molar-refractivity contribution in [2.75, 3.05) is 25.0 Å².